The van der Waals surface area contributed by atoms with Crippen LogP contribution in [0.15, 0.2) is 0 Å². The summed E-state index contributed by atoms with van der Waals surface area (Å²) in [6.07, 6.45) is 5.86. The normalized spacial score (nSPS) is 16.3. The van der Waals surface area contributed by atoms with Crippen molar-refractivity contribution < 1.29 is 4.79 Å². The van der Waals surface area contributed by atoms with Crippen molar-refractivity contribution in [3.05, 3.63) is 0 Å². The number of nitrogens with two attached hydrogens (primary N) is 1. The van der Waals surface area contributed by atoms with Crippen molar-refractivity contribution in [1.82, 2.24) is 10.2 Å². The summed E-state index contributed by atoms with van der Waals surface area (Å²) in [6.45, 7) is 8.06. The molecule has 0 radical (unpaired) electrons. The second-order valence-electron chi connectivity index (χ2n) is 5.75. The monoisotopic (exact) mass is 299 g/mol. The average molecular weight is 299 g/mol. The zero-order valence-corrected chi connectivity index (χ0v) is 13.7. The van der Waals surface area contributed by atoms with Crippen LogP contribution in [0.4, 0.5) is 0 Å². The highest BCUT2D eigenvalue weighted by Gasteiger charge is 2.39. The molecule has 4 nitrogen and oxygen atoms in total. The van der Waals surface area contributed by atoms with Crippen molar-refractivity contribution in [2.45, 2.75) is 52.4 Å². The van der Waals surface area contributed by atoms with Gasteiger partial charge in [-0.3, -0.25) is 4.79 Å². The SMILES string of the molecule is CCCC(CCC)(C(=O)NCCN1CCCC1)C(N)=S. The molecule has 0 unspecified atom stereocenters. The summed E-state index contributed by atoms with van der Waals surface area (Å²) in [4.78, 5) is 15.3. The van der Waals surface area contributed by atoms with Gasteiger partial charge in [0.25, 0.3) is 0 Å². The van der Waals surface area contributed by atoms with Gasteiger partial charge in [-0.05, 0) is 38.8 Å². The lowest BCUT2D eigenvalue weighted by Gasteiger charge is -2.31. The van der Waals surface area contributed by atoms with Gasteiger partial charge in [-0.15, -0.1) is 0 Å². The van der Waals surface area contributed by atoms with Gasteiger partial charge in [0.2, 0.25) is 5.91 Å². The first-order chi connectivity index (χ1) is 9.56. The van der Waals surface area contributed by atoms with Crippen LogP contribution in [0.3, 0.4) is 0 Å². The number of nitrogens with one attached hydrogen (secondary N) is 1. The van der Waals surface area contributed by atoms with Crippen LogP contribution in [-0.4, -0.2) is 42.0 Å². The van der Waals surface area contributed by atoms with Gasteiger partial charge in [0.05, 0.1) is 10.4 Å². The lowest BCUT2D eigenvalue weighted by atomic mass is 9.78. The van der Waals surface area contributed by atoms with Crippen molar-refractivity contribution >= 4 is 23.1 Å². The predicted molar refractivity (Wildman–Crippen MR) is 87.7 cm³/mol. The third-order valence-corrected chi connectivity index (χ3v) is 4.56. The number of likely N-dealkylation sites (tertiary alicyclic amines) is 1. The Kier molecular flexibility index (Phi) is 7.45. The Bertz CT molecular complexity index is 321. The standard InChI is InChI=1S/C15H29N3OS/c1-3-7-15(8-4-2,13(16)20)14(19)17-9-12-18-10-5-6-11-18/h3-12H2,1-2H3,(H2,16,20)(H,17,19). The number of hydrogen-bond acceptors (Lipinski definition) is 3. The molecular weight excluding hydrogens is 270 g/mol. The van der Waals surface area contributed by atoms with E-state index in [9.17, 15) is 4.79 Å². The van der Waals surface area contributed by atoms with Crippen LogP contribution in [-0.2, 0) is 4.79 Å². The fraction of sp³-hybridized carbons (Fsp3) is 0.867. The molecule has 1 rings (SSSR count). The van der Waals surface area contributed by atoms with Crippen molar-refractivity contribution in [1.29, 1.82) is 0 Å². The van der Waals surface area contributed by atoms with Crippen molar-refractivity contribution in [2.24, 2.45) is 11.1 Å². The van der Waals surface area contributed by atoms with E-state index in [-0.39, 0.29) is 5.91 Å². The molecule has 0 aromatic rings. The summed E-state index contributed by atoms with van der Waals surface area (Å²) < 4.78 is 0. The van der Waals surface area contributed by atoms with E-state index in [0.29, 0.717) is 11.5 Å². The van der Waals surface area contributed by atoms with Gasteiger partial charge in [0.1, 0.15) is 0 Å². The molecule has 0 spiro atoms. The Balaban J connectivity index is 2.55. The Labute approximate surface area is 128 Å². The van der Waals surface area contributed by atoms with Crippen molar-refractivity contribution in [3.8, 4) is 0 Å². The Morgan fingerprint density at radius 2 is 1.80 bits per heavy atom. The topological polar surface area (TPSA) is 58.4 Å². The highest BCUT2D eigenvalue weighted by Crippen LogP contribution is 2.30. The van der Waals surface area contributed by atoms with E-state index < -0.39 is 5.41 Å². The van der Waals surface area contributed by atoms with Gasteiger partial charge >= 0.3 is 0 Å². The molecular formula is C15H29N3OS. The van der Waals surface area contributed by atoms with Gasteiger partial charge < -0.3 is 16.0 Å². The Morgan fingerprint density at radius 3 is 2.25 bits per heavy atom. The van der Waals surface area contributed by atoms with E-state index in [0.717, 1.165) is 45.3 Å². The molecule has 1 heterocycles. The molecule has 0 bridgehead atoms. The van der Waals surface area contributed by atoms with Crippen LogP contribution in [0.25, 0.3) is 0 Å². The van der Waals surface area contributed by atoms with E-state index in [1.165, 1.54) is 12.8 Å². The first kappa shape index (κ1) is 17.4. The second kappa shape index (κ2) is 8.57. The van der Waals surface area contributed by atoms with Crippen LogP contribution >= 0.6 is 12.2 Å². The van der Waals surface area contributed by atoms with Crippen LogP contribution in [0, 0.1) is 5.41 Å². The molecule has 1 aliphatic heterocycles. The molecule has 0 aliphatic carbocycles. The number of rotatable bonds is 9. The van der Waals surface area contributed by atoms with Crippen LogP contribution in [0.2, 0.25) is 0 Å². The number of carbonyl (C=O) groups is 1. The lowest BCUT2D eigenvalue weighted by molar-refractivity contribution is -0.128. The summed E-state index contributed by atoms with van der Waals surface area (Å²) >= 11 is 5.20. The fourth-order valence-electron chi connectivity index (χ4n) is 3.07. The highest BCUT2D eigenvalue weighted by atomic mass is 32.1. The van der Waals surface area contributed by atoms with Crippen LogP contribution in [0.1, 0.15) is 52.4 Å². The number of thiocarbonyl (C=S) groups is 1. The minimum absolute atomic E-state index is 0.0212. The zero-order chi connectivity index (χ0) is 15.0. The van der Waals surface area contributed by atoms with Gasteiger partial charge in [-0.1, -0.05) is 38.9 Å². The third kappa shape index (κ3) is 4.42. The van der Waals surface area contributed by atoms with Gasteiger partial charge in [-0.25, -0.2) is 0 Å². The summed E-state index contributed by atoms with van der Waals surface area (Å²) in [5.74, 6) is 0.0212. The summed E-state index contributed by atoms with van der Waals surface area (Å²) in [7, 11) is 0. The van der Waals surface area contributed by atoms with Gasteiger partial charge in [0.15, 0.2) is 0 Å². The maximum Gasteiger partial charge on any atom is 0.233 e. The summed E-state index contributed by atoms with van der Waals surface area (Å²) in [6, 6.07) is 0. The molecule has 1 saturated heterocycles. The van der Waals surface area contributed by atoms with Crippen LogP contribution < -0.4 is 11.1 Å². The Morgan fingerprint density at radius 1 is 1.25 bits per heavy atom. The minimum Gasteiger partial charge on any atom is -0.392 e. The molecule has 116 valence electrons. The highest BCUT2D eigenvalue weighted by molar-refractivity contribution is 7.80. The molecule has 1 amide bonds. The van der Waals surface area contributed by atoms with E-state index in [2.05, 4.69) is 24.1 Å². The van der Waals surface area contributed by atoms with Crippen LogP contribution in [0.5, 0.6) is 0 Å². The maximum atomic E-state index is 12.6. The Hall–Kier alpha value is -0.680. The fourth-order valence-corrected chi connectivity index (χ4v) is 3.36. The van der Waals surface area contributed by atoms with Crippen molar-refractivity contribution in [2.75, 3.05) is 26.2 Å². The van der Waals surface area contributed by atoms with Crippen molar-refractivity contribution in [3.63, 3.8) is 0 Å². The average Bonchev–Trinajstić information content (AvgIpc) is 2.91. The smallest absolute Gasteiger partial charge is 0.233 e. The predicted octanol–water partition coefficient (Wildman–Crippen LogP) is 2.07. The van der Waals surface area contributed by atoms with E-state index in [4.69, 9.17) is 18.0 Å². The van der Waals surface area contributed by atoms with Gasteiger partial charge in [0, 0.05) is 13.1 Å². The second-order valence-corrected chi connectivity index (χ2v) is 6.19. The summed E-state index contributed by atoms with van der Waals surface area (Å²) in [5.41, 5.74) is 5.25. The molecule has 0 saturated carbocycles. The molecule has 20 heavy (non-hydrogen) atoms. The first-order valence-corrected chi connectivity index (χ1v) is 8.28. The summed E-state index contributed by atoms with van der Waals surface area (Å²) in [5, 5.41) is 3.05. The largest absolute Gasteiger partial charge is 0.392 e. The minimum atomic E-state index is -0.649. The van der Waals surface area contributed by atoms with E-state index in [1.54, 1.807) is 0 Å². The van der Waals surface area contributed by atoms with E-state index in [1.807, 2.05) is 0 Å². The lowest BCUT2D eigenvalue weighted by Crippen LogP contribution is -2.50. The van der Waals surface area contributed by atoms with Gasteiger partial charge in [-0.2, -0.15) is 0 Å². The maximum absolute atomic E-state index is 12.6. The van der Waals surface area contributed by atoms with E-state index >= 15 is 0 Å². The first-order valence-electron chi connectivity index (χ1n) is 7.87. The quantitative estimate of drug-likeness (QED) is 0.640. The molecule has 0 aromatic carbocycles. The molecule has 0 atom stereocenters. The molecule has 0 aromatic heterocycles. The zero-order valence-electron chi connectivity index (χ0n) is 12.9. The number of nitrogens with zero attached hydrogens (tertiary/aromatic N) is 1. The number of hydrogen-bond donors (Lipinski definition) is 2. The molecule has 1 fully saturated rings. The molecule has 5 heteroatoms. The number of carbonyl (C=O) groups excluding carboxylic acids is 1. The molecule has 1 aliphatic rings. The third-order valence-electron chi connectivity index (χ3n) is 4.17. The molecule has 3 N–H and O–H groups in total. The number of amides is 1.